The Morgan fingerprint density at radius 1 is 1.18 bits per heavy atom. The van der Waals surface area contributed by atoms with E-state index in [-0.39, 0.29) is 18.5 Å². The molecule has 6 nitrogen and oxygen atoms in total. The molecule has 0 bridgehead atoms. The number of fused-ring (bicyclic) bond motifs is 1. The molecule has 2 aromatic rings. The molecule has 2 heterocycles. The number of ether oxygens (including phenoxy) is 3. The summed E-state index contributed by atoms with van der Waals surface area (Å²) in [4.78, 5) is 26.5. The third kappa shape index (κ3) is 3.83. The van der Waals surface area contributed by atoms with E-state index in [0.29, 0.717) is 40.6 Å². The Morgan fingerprint density at radius 3 is 2.58 bits per heavy atom. The van der Waals surface area contributed by atoms with Gasteiger partial charge in [0.25, 0.3) is 0 Å². The van der Waals surface area contributed by atoms with Crippen LogP contribution < -0.4 is 14.8 Å². The predicted octanol–water partition coefficient (Wildman–Crippen LogP) is 5.22. The minimum absolute atomic E-state index is 0.00402. The standard InChI is InChI=1S/C25H21BrClNO5/c1-12-22(25(30)31-2)23(16-9-20-21(10-17(16)26)33-11-32-20)24-18(28-12)7-14(8-19(24)29)13-3-5-15(27)6-4-13/h3-6,9-10,14,22-23,28H,1,7-8,11H2,2H3. The molecule has 5 rings (SSSR count). The van der Waals surface area contributed by atoms with E-state index in [2.05, 4.69) is 27.8 Å². The predicted molar refractivity (Wildman–Crippen MR) is 126 cm³/mol. The molecule has 3 aliphatic rings. The quantitative estimate of drug-likeness (QED) is 0.549. The molecular weight excluding hydrogens is 510 g/mol. The van der Waals surface area contributed by atoms with Crippen molar-refractivity contribution in [1.82, 2.24) is 5.32 Å². The van der Waals surface area contributed by atoms with Gasteiger partial charge in [-0.05, 0) is 47.7 Å². The van der Waals surface area contributed by atoms with Gasteiger partial charge in [0.1, 0.15) is 5.92 Å². The molecule has 0 saturated heterocycles. The van der Waals surface area contributed by atoms with Crippen LogP contribution in [0.3, 0.4) is 0 Å². The smallest absolute Gasteiger partial charge is 0.315 e. The van der Waals surface area contributed by atoms with Gasteiger partial charge in [-0.2, -0.15) is 0 Å². The lowest BCUT2D eigenvalue weighted by molar-refractivity contribution is -0.144. The van der Waals surface area contributed by atoms with Crippen LogP contribution in [0.15, 0.2) is 64.4 Å². The summed E-state index contributed by atoms with van der Waals surface area (Å²) in [5, 5.41) is 3.91. The monoisotopic (exact) mass is 529 g/mol. The average molecular weight is 531 g/mol. The molecule has 0 radical (unpaired) electrons. The fraction of sp³-hybridized carbons (Fsp3) is 0.280. The lowest BCUT2D eigenvalue weighted by atomic mass is 9.69. The highest BCUT2D eigenvalue weighted by Gasteiger charge is 2.46. The van der Waals surface area contributed by atoms with E-state index in [0.717, 1.165) is 21.3 Å². The van der Waals surface area contributed by atoms with Gasteiger partial charge in [-0.25, -0.2) is 0 Å². The Hall–Kier alpha value is -2.77. The van der Waals surface area contributed by atoms with Crippen LogP contribution in [0, 0.1) is 5.92 Å². The number of hydrogen-bond acceptors (Lipinski definition) is 6. The molecule has 8 heteroatoms. The Morgan fingerprint density at radius 2 is 1.88 bits per heavy atom. The van der Waals surface area contributed by atoms with Gasteiger partial charge in [0.2, 0.25) is 6.79 Å². The van der Waals surface area contributed by atoms with Gasteiger partial charge < -0.3 is 19.5 Å². The molecule has 3 unspecified atom stereocenters. The Labute approximate surface area is 204 Å². The van der Waals surface area contributed by atoms with Crippen LogP contribution in [-0.4, -0.2) is 25.7 Å². The molecule has 33 heavy (non-hydrogen) atoms. The number of methoxy groups -OCH3 is 1. The molecule has 3 atom stereocenters. The number of rotatable bonds is 3. The first-order chi connectivity index (χ1) is 15.9. The van der Waals surface area contributed by atoms with Crippen LogP contribution in [0.2, 0.25) is 5.02 Å². The van der Waals surface area contributed by atoms with Crippen molar-refractivity contribution in [3.8, 4) is 11.5 Å². The molecule has 2 aromatic carbocycles. The minimum Gasteiger partial charge on any atom is -0.468 e. The van der Waals surface area contributed by atoms with Crippen molar-refractivity contribution in [2.45, 2.75) is 24.7 Å². The maximum absolute atomic E-state index is 13.6. The van der Waals surface area contributed by atoms with Crippen LogP contribution in [0.4, 0.5) is 0 Å². The molecule has 1 aliphatic carbocycles. The molecule has 2 aliphatic heterocycles. The summed E-state index contributed by atoms with van der Waals surface area (Å²) in [6, 6.07) is 11.2. The third-order valence-electron chi connectivity index (χ3n) is 6.46. The van der Waals surface area contributed by atoms with E-state index in [1.165, 1.54) is 7.11 Å². The number of Topliss-reactive ketones (excluding diaryl/α,β-unsaturated/α-hetero) is 1. The number of nitrogens with one attached hydrogen (secondary N) is 1. The molecular formula is C25H21BrClNO5. The van der Waals surface area contributed by atoms with Crippen molar-refractivity contribution in [1.29, 1.82) is 0 Å². The molecule has 0 spiro atoms. The number of hydrogen-bond donors (Lipinski definition) is 1. The molecule has 1 N–H and O–H groups in total. The highest BCUT2D eigenvalue weighted by atomic mass is 79.9. The Balaban J connectivity index is 1.62. The van der Waals surface area contributed by atoms with E-state index in [1.54, 1.807) is 6.07 Å². The van der Waals surface area contributed by atoms with E-state index in [9.17, 15) is 9.59 Å². The molecule has 0 amide bonds. The van der Waals surface area contributed by atoms with E-state index in [4.69, 9.17) is 25.8 Å². The summed E-state index contributed by atoms with van der Waals surface area (Å²) in [5.74, 6) is -0.610. The third-order valence-corrected chi connectivity index (χ3v) is 7.40. The van der Waals surface area contributed by atoms with Crippen molar-refractivity contribution in [2.24, 2.45) is 5.92 Å². The fourth-order valence-corrected chi connectivity index (χ4v) is 5.63. The zero-order valence-corrected chi connectivity index (χ0v) is 20.2. The van der Waals surface area contributed by atoms with Crippen molar-refractivity contribution < 1.29 is 23.8 Å². The first kappa shape index (κ1) is 22.0. The van der Waals surface area contributed by atoms with Gasteiger partial charge in [-0.3, -0.25) is 9.59 Å². The van der Waals surface area contributed by atoms with Crippen molar-refractivity contribution in [3.05, 3.63) is 80.6 Å². The van der Waals surface area contributed by atoms with Crippen LogP contribution in [0.5, 0.6) is 11.5 Å². The Bertz CT molecular complexity index is 1210. The summed E-state index contributed by atoms with van der Waals surface area (Å²) in [6.45, 7) is 4.25. The van der Waals surface area contributed by atoms with E-state index >= 15 is 0 Å². The molecule has 0 fully saturated rings. The van der Waals surface area contributed by atoms with Gasteiger partial charge >= 0.3 is 5.97 Å². The SMILES string of the molecule is C=C1NC2=C(C(=O)CC(c3ccc(Cl)cc3)C2)C(c2cc3c(cc2Br)OCO3)C1C(=O)OC. The number of esters is 1. The van der Waals surface area contributed by atoms with Crippen LogP contribution >= 0.6 is 27.5 Å². The zero-order chi connectivity index (χ0) is 23.3. The lowest BCUT2D eigenvalue weighted by Crippen LogP contribution is -2.42. The summed E-state index contributed by atoms with van der Waals surface area (Å²) in [7, 11) is 1.34. The maximum Gasteiger partial charge on any atom is 0.315 e. The highest BCUT2D eigenvalue weighted by molar-refractivity contribution is 9.10. The van der Waals surface area contributed by atoms with Crippen molar-refractivity contribution in [2.75, 3.05) is 13.9 Å². The number of ketones is 1. The summed E-state index contributed by atoms with van der Waals surface area (Å²) in [5.41, 5.74) is 3.67. The largest absolute Gasteiger partial charge is 0.468 e. The van der Waals surface area contributed by atoms with Gasteiger partial charge in [0.05, 0.1) is 7.11 Å². The van der Waals surface area contributed by atoms with Gasteiger partial charge in [0.15, 0.2) is 17.3 Å². The fourth-order valence-electron chi connectivity index (χ4n) is 4.93. The first-order valence-electron chi connectivity index (χ1n) is 10.5. The Kier molecular flexibility index (Phi) is 5.70. The first-order valence-corrected chi connectivity index (χ1v) is 11.7. The summed E-state index contributed by atoms with van der Waals surface area (Å²) < 4.78 is 16.9. The van der Waals surface area contributed by atoms with Gasteiger partial charge in [0, 0.05) is 38.8 Å². The van der Waals surface area contributed by atoms with Gasteiger partial charge in [-0.15, -0.1) is 0 Å². The second kappa shape index (κ2) is 8.54. The van der Waals surface area contributed by atoms with Crippen LogP contribution in [0.1, 0.15) is 35.8 Å². The number of carbonyl (C=O) groups excluding carboxylic acids is 2. The van der Waals surface area contributed by atoms with Crippen LogP contribution in [0.25, 0.3) is 0 Å². The highest BCUT2D eigenvalue weighted by Crippen LogP contribution is 2.50. The number of allylic oxidation sites excluding steroid dienone is 2. The average Bonchev–Trinajstić information content (AvgIpc) is 3.24. The van der Waals surface area contributed by atoms with E-state index in [1.807, 2.05) is 30.3 Å². The maximum atomic E-state index is 13.6. The van der Waals surface area contributed by atoms with Crippen molar-refractivity contribution >= 4 is 39.3 Å². The second-order valence-electron chi connectivity index (χ2n) is 8.33. The molecule has 0 aromatic heterocycles. The van der Waals surface area contributed by atoms with E-state index < -0.39 is 17.8 Å². The number of benzene rings is 2. The topological polar surface area (TPSA) is 73.9 Å². The summed E-state index contributed by atoms with van der Waals surface area (Å²) >= 11 is 9.65. The molecule has 0 saturated carbocycles. The number of carbonyl (C=O) groups is 2. The number of halogens is 2. The lowest BCUT2D eigenvalue weighted by Gasteiger charge is -2.40. The van der Waals surface area contributed by atoms with Crippen LogP contribution in [-0.2, 0) is 14.3 Å². The minimum atomic E-state index is -0.763. The zero-order valence-electron chi connectivity index (χ0n) is 17.8. The summed E-state index contributed by atoms with van der Waals surface area (Å²) in [6.07, 6.45) is 0.954. The molecule has 170 valence electrons. The second-order valence-corrected chi connectivity index (χ2v) is 9.62. The van der Waals surface area contributed by atoms with Crippen molar-refractivity contribution in [3.63, 3.8) is 0 Å². The normalized spacial score (nSPS) is 23.8. The van der Waals surface area contributed by atoms with Gasteiger partial charge in [-0.1, -0.05) is 46.2 Å².